The van der Waals surface area contributed by atoms with Crippen LogP contribution in [0.4, 0.5) is 0 Å². The summed E-state index contributed by atoms with van der Waals surface area (Å²) in [6.45, 7) is 0.596. The Balaban J connectivity index is 2.55. The number of nitrogens with zero attached hydrogens (tertiary/aromatic N) is 1. The number of hydrogen-bond donors (Lipinski definition) is 0. The largest absolute Gasteiger partial charge is 0.395 e. The van der Waals surface area contributed by atoms with E-state index in [-0.39, 0.29) is 6.19 Å². The maximum atomic E-state index is 6.95. The lowest BCUT2D eigenvalue weighted by molar-refractivity contribution is 0.152. The molecule has 2 heteroatoms. The highest BCUT2D eigenvalue weighted by Gasteiger charge is 1.81. The Morgan fingerprint density at radius 2 is 2.86 bits per heavy atom. The fraction of sp³-hybridized carbons (Fsp3) is 0.400. The minimum Gasteiger partial charge on any atom is -0.395 e. The molecule has 0 saturated carbocycles. The van der Waals surface area contributed by atoms with Crippen LogP contribution in [0.5, 0.6) is 0 Å². The van der Waals surface area contributed by atoms with Crippen LogP contribution in [0.1, 0.15) is 7.79 Å². The molecule has 0 amide bonds. The van der Waals surface area contributed by atoms with E-state index in [1.807, 2.05) is 6.08 Å². The highest BCUT2D eigenvalue weighted by Crippen LogP contribution is 1.88. The second kappa shape index (κ2) is 2.39. The number of rotatable bonds is 0. The Morgan fingerprint density at radius 1 is 1.86 bits per heavy atom. The van der Waals surface area contributed by atoms with Crippen LogP contribution in [0.25, 0.3) is 0 Å². The van der Waals surface area contributed by atoms with Gasteiger partial charge in [-0.1, -0.05) is 11.2 Å². The van der Waals surface area contributed by atoms with E-state index in [1.54, 1.807) is 6.08 Å². The van der Waals surface area contributed by atoms with E-state index in [4.69, 9.17) is 1.37 Å². The molecule has 0 fully saturated rings. The molecule has 0 radical (unpaired) electrons. The fourth-order valence-corrected chi connectivity index (χ4v) is 0.370. The van der Waals surface area contributed by atoms with Crippen molar-refractivity contribution in [1.29, 1.82) is 0 Å². The standard InChI is InChI=1S/C5H7NO/c1-2-4-6-7-5-3-1/h1-2,4H,3,5H2/i4D. The molecule has 0 aromatic carbocycles. The molecule has 1 aliphatic heterocycles. The molecule has 0 spiro atoms. The zero-order valence-electron chi connectivity index (χ0n) is 4.92. The van der Waals surface area contributed by atoms with Gasteiger partial charge in [0.2, 0.25) is 0 Å². The third-order valence-electron chi connectivity index (χ3n) is 0.685. The van der Waals surface area contributed by atoms with Crippen LogP contribution in [0.2, 0.25) is 0 Å². The first-order chi connectivity index (χ1) is 3.89. The molecule has 38 valence electrons. The van der Waals surface area contributed by atoms with Gasteiger partial charge in [-0.05, 0) is 6.08 Å². The third kappa shape index (κ3) is 1.39. The van der Waals surface area contributed by atoms with Crippen LogP contribution >= 0.6 is 0 Å². The van der Waals surface area contributed by atoms with Gasteiger partial charge in [0.05, 0.1) is 7.56 Å². The highest BCUT2D eigenvalue weighted by molar-refractivity contribution is 5.70. The summed E-state index contributed by atoms with van der Waals surface area (Å²) in [6, 6.07) is 0. The van der Waals surface area contributed by atoms with Crippen molar-refractivity contribution in [3.05, 3.63) is 12.2 Å². The van der Waals surface area contributed by atoms with E-state index in [0.717, 1.165) is 6.42 Å². The topological polar surface area (TPSA) is 21.6 Å². The number of hydrogen-bond acceptors (Lipinski definition) is 2. The molecule has 1 rings (SSSR count). The monoisotopic (exact) mass is 98.1 g/mol. The van der Waals surface area contributed by atoms with E-state index in [2.05, 4.69) is 9.99 Å². The van der Waals surface area contributed by atoms with Gasteiger partial charge in [0.15, 0.2) is 0 Å². The third-order valence-corrected chi connectivity index (χ3v) is 0.685. The second-order valence-corrected chi connectivity index (χ2v) is 1.24. The predicted octanol–water partition coefficient (Wildman–Crippen LogP) is 0.949. The number of allylic oxidation sites excluding steroid dienone is 1. The molecule has 0 aromatic rings. The molecule has 0 atom stereocenters. The average molecular weight is 98.1 g/mol. The molecular formula is C5H7NO. The van der Waals surface area contributed by atoms with Gasteiger partial charge < -0.3 is 4.84 Å². The molecular weight excluding hydrogens is 90.1 g/mol. The molecule has 1 heterocycles. The molecule has 0 unspecified atom stereocenters. The van der Waals surface area contributed by atoms with Crippen LogP contribution < -0.4 is 0 Å². The molecule has 7 heavy (non-hydrogen) atoms. The second-order valence-electron chi connectivity index (χ2n) is 1.24. The summed E-state index contributed by atoms with van der Waals surface area (Å²) in [5, 5.41) is 3.42. The van der Waals surface area contributed by atoms with Crippen LogP contribution in [0.15, 0.2) is 17.3 Å². The normalized spacial score (nSPS) is 21.7. The molecule has 0 N–H and O–H groups in total. The Morgan fingerprint density at radius 3 is 3.86 bits per heavy atom. The van der Waals surface area contributed by atoms with Gasteiger partial charge in [0, 0.05) is 6.42 Å². The van der Waals surface area contributed by atoms with Crippen LogP contribution in [0.3, 0.4) is 0 Å². The lowest BCUT2D eigenvalue weighted by Crippen LogP contribution is -1.80. The molecule has 0 bridgehead atoms. The van der Waals surface area contributed by atoms with E-state index in [0.29, 0.717) is 6.61 Å². The van der Waals surface area contributed by atoms with E-state index in [1.165, 1.54) is 0 Å². The van der Waals surface area contributed by atoms with Crippen molar-refractivity contribution >= 4 is 6.19 Å². The van der Waals surface area contributed by atoms with Gasteiger partial charge in [-0.15, -0.1) is 0 Å². The molecule has 0 aromatic heterocycles. The number of oxime groups is 1. The minimum absolute atomic E-state index is 0.197. The SMILES string of the molecule is [2H]C1=NOCCC=C1. The molecule has 2 nitrogen and oxygen atoms in total. The van der Waals surface area contributed by atoms with Crippen molar-refractivity contribution in [3.8, 4) is 0 Å². The summed E-state index contributed by atoms with van der Waals surface area (Å²) in [6.07, 6.45) is 4.56. The molecule has 0 saturated heterocycles. The van der Waals surface area contributed by atoms with E-state index in [9.17, 15) is 0 Å². The predicted molar refractivity (Wildman–Crippen MR) is 28.2 cm³/mol. The average Bonchev–Trinajstić information content (AvgIpc) is 1.94. The van der Waals surface area contributed by atoms with Gasteiger partial charge in [-0.25, -0.2) is 0 Å². The van der Waals surface area contributed by atoms with Crippen molar-refractivity contribution in [3.63, 3.8) is 0 Å². The Bertz CT molecular complexity index is 130. The summed E-state index contributed by atoms with van der Waals surface area (Å²) in [5.41, 5.74) is 0. The van der Waals surface area contributed by atoms with E-state index >= 15 is 0 Å². The summed E-state index contributed by atoms with van der Waals surface area (Å²) < 4.78 is 6.95. The van der Waals surface area contributed by atoms with Gasteiger partial charge in [-0.3, -0.25) is 0 Å². The zero-order valence-corrected chi connectivity index (χ0v) is 3.92. The maximum absolute atomic E-state index is 6.95. The van der Waals surface area contributed by atoms with Gasteiger partial charge >= 0.3 is 0 Å². The van der Waals surface area contributed by atoms with Crippen molar-refractivity contribution in [2.24, 2.45) is 5.16 Å². The molecule has 1 aliphatic rings. The summed E-state index contributed by atoms with van der Waals surface area (Å²) in [4.78, 5) is 4.64. The summed E-state index contributed by atoms with van der Waals surface area (Å²) >= 11 is 0. The van der Waals surface area contributed by atoms with Crippen LogP contribution in [-0.4, -0.2) is 12.8 Å². The Labute approximate surface area is 43.9 Å². The highest BCUT2D eigenvalue weighted by atomic mass is 16.6. The lowest BCUT2D eigenvalue weighted by Gasteiger charge is -1.87. The van der Waals surface area contributed by atoms with Crippen LogP contribution in [-0.2, 0) is 4.84 Å². The van der Waals surface area contributed by atoms with Crippen molar-refractivity contribution < 1.29 is 6.21 Å². The smallest absolute Gasteiger partial charge is 0.120 e. The quantitative estimate of drug-likeness (QED) is 0.442. The van der Waals surface area contributed by atoms with Crippen molar-refractivity contribution in [1.82, 2.24) is 0 Å². The first-order valence-electron chi connectivity index (χ1n) is 2.73. The maximum Gasteiger partial charge on any atom is 0.120 e. The lowest BCUT2D eigenvalue weighted by atomic mass is 10.4. The van der Waals surface area contributed by atoms with Crippen LogP contribution in [0, 0.1) is 0 Å². The van der Waals surface area contributed by atoms with Crippen molar-refractivity contribution in [2.75, 3.05) is 6.61 Å². The van der Waals surface area contributed by atoms with Gasteiger partial charge in [0.1, 0.15) is 6.61 Å². The first kappa shape index (κ1) is 3.24. The zero-order chi connectivity index (χ0) is 5.82. The fourth-order valence-electron chi connectivity index (χ4n) is 0.370. The van der Waals surface area contributed by atoms with Crippen molar-refractivity contribution in [2.45, 2.75) is 6.42 Å². The van der Waals surface area contributed by atoms with E-state index < -0.39 is 0 Å². The van der Waals surface area contributed by atoms with Gasteiger partial charge in [0.25, 0.3) is 0 Å². The Kier molecular flexibility index (Phi) is 1.11. The minimum atomic E-state index is 0.197. The Hall–Kier alpha value is -0.790. The summed E-state index contributed by atoms with van der Waals surface area (Å²) in [7, 11) is 0. The summed E-state index contributed by atoms with van der Waals surface area (Å²) in [5.74, 6) is 0. The first-order valence-corrected chi connectivity index (χ1v) is 2.23. The molecule has 0 aliphatic carbocycles. The van der Waals surface area contributed by atoms with Gasteiger partial charge in [-0.2, -0.15) is 0 Å².